The summed E-state index contributed by atoms with van der Waals surface area (Å²) in [6.45, 7) is 4.22. The fraction of sp³-hybridized carbons (Fsp3) is 0.278. The van der Waals surface area contributed by atoms with Crippen LogP contribution in [0.2, 0.25) is 0 Å². The lowest BCUT2D eigenvalue weighted by atomic mass is 10.1. The number of hydrogen-bond acceptors (Lipinski definition) is 8. The Balaban J connectivity index is 1.90. The molecule has 26 heavy (non-hydrogen) atoms. The highest BCUT2D eigenvalue weighted by atomic mass is 32.2. The number of aromatic nitrogens is 3. The average Bonchev–Trinajstić information content (AvgIpc) is 3.36. The molecule has 4 heterocycles. The lowest BCUT2D eigenvalue weighted by Gasteiger charge is -2.04. The number of nitrogen functional groups attached to an aromatic ring is 1. The zero-order valence-electron chi connectivity index (χ0n) is 14.5. The molecule has 0 fully saturated rings. The molecule has 4 aromatic rings. The van der Waals surface area contributed by atoms with Crippen LogP contribution in [0, 0.1) is 6.92 Å². The number of nitrogens with two attached hydrogens (primary N) is 1. The third-order valence-corrected chi connectivity index (χ3v) is 8.16. The van der Waals surface area contributed by atoms with E-state index >= 15 is 0 Å². The van der Waals surface area contributed by atoms with Gasteiger partial charge >= 0.3 is 0 Å². The lowest BCUT2D eigenvalue weighted by molar-refractivity contribution is 0.897. The van der Waals surface area contributed by atoms with Crippen molar-refractivity contribution in [2.75, 3.05) is 11.5 Å². The van der Waals surface area contributed by atoms with Gasteiger partial charge in [0.15, 0.2) is 0 Å². The number of thiazole rings is 2. The van der Waals surface area contributed by atoms with Crippen molar-refractivity contribution in [3.8, 4) is 21.3 Å². The molecule has 4 rings (SSSR count). The van der Waals surface area contributed by atoms with Gasteiger partial charge in [0.05, 0.1) is 9.90 Å². The van der Waals surface area contributed by atoms with Gasteiger partial charge < -0.3 is 5.73 Å². The first-order valence-corrected chi connectivity index (χ1v) is 11.9. The molecule has 8 heteroatoms. The summed E-state index contributed by atoms with van der Waals surface area (Å²) in [6.07, 6.45) is 4.19. The van der Waals surface area contributed by atoms with Gasteiger partial charge in [-0.2, -0.15) is 0 Å². The van der Waals surface area contributed by atoms with E-state index in [4.69, 9.17) is 15.7 Å². The fourth-order valence-electron chi connectivity index (χ4n) is 2.62. The summed E-state index contributed by atoms with van der Waals surface area (Å²) < 4.78 is 1.16. The zero-order chi connectivity index (χ0) is 18.1. The maximum Gasteiger partial charge on any atom is 0.141 e. The second-order valence-corrected chi connectivity index (χ2v) is 9.99. The summed E-state index contributed by atoms with van der Waals surface area (Å²) in [4.78, 5) is 15.0. The van der Waals surface area contributed by atoms with Gasteiger partial charge in [-0.3, -0.25) is 0 Å². The summed E-state index contributed by atoms with van der Waals surface area (Å²) in [7, 11) is 0. The van der Waals surface area contributed by atoms with Crippen LogP contribution in [0.1, 0.15) is 25.5 Å². The molecule has 0 saturated heterocycles. The van der Waals surface area contributed by atoms with E-state index in [1.54, 1.807) is 34.0 Å². The van der Waals surface area contributed by atoms with E-state index in [9.17, 15) is 0 Å². The van der Waals surface area contributed by atoms with Crippen molar-refractivity contribution in [2.24, 2.45) is 0 Å². The minimum atomic E-state index is 0.840. The topological polar surface area (TPSA) is 64.7 Å². The molecule has 4 nitrogen and oxygen atoms in total. The minimum Gasteiger partial charge on any atom is -0.397 e. The van der Waals surface area contributed by atoms with Crippen LogP contribution >= 0.6 is 45.8 Å². The summed E-state index contributed by atoms with van der Waals surface area (Å²) in [6, 6.07) is 2.09. The zero-order valence-corrected chi connectivity index (χ0v) is 17.7. The Bertz CT molecular complexity index is 1030. The van der Waals surface area contributed by atoms with Crippen molar-refractivity contribution in [1.29, 1.82) is 0 Å². The Morgan fingerprint density at radius 1 is 1.19 bits per heavy atom. The number of rotatable bonds is 6. The Hall–Kier alpha value is -1.48. The summed E-state index contributed by atoms with van der Waals surface area (Å²) >= 11 is 6.76. The molecule has 0 atom stereocenters. The van der Waals surface area contributed by atoms with Crippen molar-refractivity contribution >= 4 is 61.7 Å². The number of anilines is 1. The van der Waals surface area contributed by atoms with E-state index < -0.39 is 0 Å². The van der Waals surface area contributed by atoms with Gasteiger partial charge in [0.1, 0.15) is 20.5 Å². The normalized spacial score (nSPS) is 11.5. The van der Waals surface area contributed by atoms with E-state index in [-0.39, 0.29) is 0 Å². The molecule has 0 aliphatic heterocycles. The van der Waals surface area contributed by atoms with Crippen LogP contribution in [-0.2, 0) is 0 Å². The lowest BCUT2D eigenvalue weighted by Crippen LogP contribution is -1.91. The Kier molecular flexibility index (Phi) is 5.26. The highest BCUT2D eigenvalue weighted by molar-refractivity contribution is 8.01. The number of thioether (sulfide) groups is 1. The predicted octanol–water partition coefficient (Wildman–Crippen LogP) is 6.33. The molecule has 0 aromatic carbocycles. The molecule has 0 bridgehead atoms. The second kappa shape index (κ2) is 7.64. The van der Waals surface area contributed by atoms with E-state index in [1.807, 2.05) is 30.3 Å². The van der Waals surface area contributed by atoms with Crippen LogP contribution in [0.4, 0.5) is 5.69 Å². The Morgan fingerprint density at radius 3 is 2.77 bits per heavy atom. The van der Waals surface area contributed by atoms with E-state index in [0.717, 1.165) is 52.8 Å². The molecule has 4 aromatic heterocycles. The molecule has 0 saturated carbocycles. The van der Waals surface area contributed by atoms with Crippen LogP contribution in [0.15, 0.2) is 27.2 Å². The van der Waals surface area contributed by atoms with Gasteiger partial charge in [-0.25, -0.2) is 15.0 Å². The van der Waals surface area contributed by atoms with E-state index in [1.165, 1.54) is 12.8 Å². The van der Waals surface area contributed by atoms with Gasteiger partial charge in [0.2, 0.25) is 0 Å². The maximum atomic E-state index is 6.55. The minimum absolute atomic E-state index is 0.840. The molecule has 0 aliphatic rings. The number of thiophene rings is 1. The molecule has 2 N–H and O–H groups in total. The second-order valence-electron chi connectivity index (χ2n) is 5.87. The van der Waals surface area contributed by atoms with Crippen molar-refractivity contribution in [3.63, 3.8) is 0 Å². The van der Waals surface area contributed by atoms with Crippen molar-refractivity contribution in [1.82, 2.24) is 15.0 Å². The van der Waals surface area contributed by atoms with Crippen molar-refractivity contribution in [3.05, 3.63) is 28.7 Å². The van der Waals surface area contributed by atoms with Gasteiger partial charge in [-0.15, -0.1) is 45.8 Å². The Morgan fingerprint density at radius 2 is 2.08 bits per heavy atom. The first kappa shape index (κ1) is 17.9. The van der Waals surface area contributed by atoms with Gasteiger partial charge in [0, 0.05) is 33.6 Å². The molecule has 0 spiro atoms. The molecule has 0 unspecified atom stereocenters. The molecule has 0 amide bonds. The molecule has 0 radical (unpaired) electrons. The Labute approximate surface area is 168 Å². The third-order valence-electron chi connectivity index (χ3n) is 3.90. The first-order chi connectivity index (χ1) is 12.7. The summed E-state index contributed by atoms with van der Waals surface area (Å²) in [5.74, 6) is 1.08. The van der Waals surface area contributed by atoms with Crippen LogP contribution in [-0.4, -0.2) is 20.7 Å². The van der Waals surface area contributed by atoms with Gasteiger partial charge in [-0.1, -0.05) is 13.3 Å². The van der Waals surface area contributed by atoms with Crippen LogP contribution < -0.4 is 5.73 Å². The summed E-state index contributed by atoms with van der Waals surface area (Å²) in [5.41, 5.74) is 10.4. The highest BCUT2D eigenvalue weighted by Crippen LogP contribution is 2.45. The monoisotopic (exact) mass is 418 g/mol. The van der Waals surface area contributed by atoms with Crippen LogP contribution in [0.25, 0.3) is 31.5 Å². The number of hydrogen-bond donors (Lipinski definition) is 1. The summed E-state index contributed by atoms with van der Waals surface area (Å²) in [5, 5.41) is 6.99. The SMILES string of the molecule is CCCCSc1sc2nc(-c3nccs3)cc(-c3nc(C)cs3)c2c1N. The first-order valence-electron chi connectivity index (χ1n) is 8.35. The van der Waals surface area contributed by atoms with Gasteiger partial charge in [-0.05, 0) is 25.2 Å². The van der Waals surface area contributed by atoms with Crippen molar-refractivity contribution < 1.29 is 0 Å². The molecular weight excluding hydrogens is 400 g/mol. The maximum absolute atomic E-state index is 6.55. The smallest absolute Gasteiger partial charge is 0.141 e. The standard InChI is InChI=1S/C18H18N4S4/c1-3-4-6-24-18-14(19)13-11(15-21-10(2)9-25-15)8-12(22-17(13)26-18)16-20-5-7-23-16/h5,7-9H,3-4,6,19H2,1-2H3. The number of aryl methyl sites for hydroxylation is 1. The fourth-order valence-corrected chi connectivity index (χ4v) is 6.49. The molecule has 0 aliphatic carbocycles. The van der Waals surface area contributed by atoms with Gasteiger partial charge in [0.25, 0.3) is 0 Å². The highest BCUT2D eigenvalue weighted by Gasteiger charge is 2.20. The number of fused-ring (bicyclic) bond motifs is 1. The predicted molar refractivity (Wildman–Crippen MR) is 117 cm³/mol. The number of unbranched alkanes of at least 4 members (excludes halogenated alkanes) is 1. The van der Waals surface area contributed by atoms with Crippen LogP contribution in [0.5, 0.6) is 0 Å². The quantitative estimate of drug-likeness (QED) is 0.293. The van der Waals surface area contributed by atoms with Crippen LogP contribution in [0.3, 0.4) is 0 Å². The van der Waals surface area contributed by atoms with E-state index in [0.29, 0.717) is 0 Å². The molecular formula is C18H18N4S4. The van der Waals surface area contributed by atoms with Crippen molar-refractivity contribution in [2.45, 2.75) is 30.9 Å². The molecule has 134 valence electrons. The van der Waals surface area contributed by atoms with E-state index in [2.05, 4.69) is 23.4 Å². The third kappa shape index (κ3) is 3.38. The average molecular weight is 419 g/mol. The largest absolute Gasteiger partial charge is 0.397 e. The number of nitrogens with zero attached hydrogens (tertiary/aromatic N) is 3. The number of pyridine rings is 1.